The molecule has 1 amide bonds. The van der Waals surface area contributed by atoms with Crippen molar-refractivity contribution in [2.75, 3.05) is 17.3 Å². The van der Waals surface area contributed by atoms with Gasteiger partial charge in [0.25, 0.3) is 0 Å². The molecule has 2 aromatic rings. The van der Waals surface area contributed by atoms with Gasteiger partial charge in [-0.1, -0.05) is 6.92 Å². The summed E-state index contributed by atoms with van der Waals surface area (Å²) in [4.78, 5) is 21.2. The molecule has 0 bridgehead atoms. The second-order valence-electron chi connectivity index (χ2n) is 4.34. The molecule has 0 spiro atoms. The van der Waals surface area contributed by atoms with Crippen LogP contribution in [-0.2, 0) is 4.79 Å². The highest BCUT2D eigenvalue weighted by atomic mass is 32.1. The Morgan fingerprint density at radius 3 is 3.00 bits per heavy atom. The summed E-state index contributed by atoms with van der Waals surface area (Å²) in [5, 5.41) is 8.74. The molecule has 8 heteroatoms. The van der Waals surface area contributed by atoms with Gasteiger partial charge in [0.05, 0.1) is 5.39 Å². The summed E-state index contributed by atoms with van der Waals surface area (Å²) >= 11 is 1.49. The zero-order valence-corrected chi connectivity index (χ0v) is 12.3. The fraction of sp³-hybridized carbons (Fsp3) is 0.417. The number of thiophene rings is 1. The van der Waals surface area contributed by atoms with Crippen molar-refractivity contribution in [2.24, 2.45) is 5.84 Å². The molecule has 0 saturated carbocycles. The molecule has 108 valence electrons. The number of nitrogens with one attached hydrogen (secondary N) is 3. The minimum atomic E-state index is -0.384. The van der Waals surface area contributed by atoms with Crippen LogP contribution in [0.3, 0.4) is 0 Å². The summed E-state index contributed by atoms with van der Waals surface area (Å²) in [5.41, 5.74) is 2.43. The Bertz CT molecular complexity index is 599. The van der Waals surface area contributed by atoms with Crippen molar-refractivity contribution in [3.8, 4) is 0 Å². The van der Waals surface area contributed by atoms with E-state index in [1.165, 1.54) is 11.3 Å². The number of fused-ring (bicyclic) bond motifs is 1. The minimum absolute atomic E-state index is 0.0592. The van der Waals surface area contributed by atoms with Crippen LogP contribution in [0, 0.1) is 0 Å². The Hall–Kier alpha value is -1.93. The standard InChI is InChI=1S/C12H18N6OS/c1-3-5-14-10(19)7(2)15-9-8-4-6-20-11(8)17-12(16-9)18-13/h4,6-7H,3,5,13H2,1-2H3,(H,14,19)(H2,15,16,17,18). The Morgan fingerprint density at radius 1 is 1.50 bits per heavy atom. The molecule has 0 fully saturated rings. The maximum Gasteiger partial charge on any atom is 0.242 e. The summed E-state index contributed by atoms with van der Waals surface area (Å²) in [6.07, 6.45) is 0.905. The zero-order valence-electron chi connectivity index (χ0n) is 11.4. The van der Waals surface area contributed by atoms with Gasteiger partial charge >= 0.3 is 0 Å². The molecule has 2 rings (SSSR count). The van der Waals surface area contributed by atoms with Gasteiger partial charge in [0.1, 0.15) is 16.7 Å². The zero-order chi connectivity index (χ0) is 14.5. The van der Waals surface area contributed by atoms with Gasteiger partial charge in [-0.15, -0.1) is 11.3 Å². The number of rotatable bonds is 6. The number of anilines is 2. The first-order valence-corrected chi connectivity index (χ1v) is 7.29. The van der Waals surface area contributed by atoms with Crippen LogP contribution in [-0.4, -0.2) is 28.5 Å². The SMILES string of the molecule is CCCNC(=O)C(C)Nc1nc(NN)nc2sccc12. The van der Waals surface area contributed by atoms with Gasteiger partial charge in [0.2, 0.25) is 11.9 Å². The molecule has 5 N–H and O–H groups in total. The van der Waals surface area contributed by atoms with Gasteiger partial charge in [-0.3, -0.25) is 10.2 Å². The van der Waals surface area contributed by atoms with Crippen molar-refractivity contribution in [1.82, 2.24) is 15.3 Å². The van der Waals surface area contributed by atoms with Gasteiger partial charge in [0.15, 0.2) is 0 Å². The number of nitrogens with zero attached hydrogens (tertiary/aromatic N) is 2. The van der Waals surface area contributed by atoms with E-state index in [1.54, 1.807) is 6.92 Å². The molecule has 0 aliphatic rings. The molecule has 20 heavy (non-hydrogen) atoms. The third kappa shape index (κ3) is 3.14. The second-order valence-corrected chi connectivity index (χ2v) is 5.23. The first-order chi connectivity index (χ1) is 9.65. The van der Waals surface area contributed by atoms with Crippen LogP contribution in [0.4, 0.5) is 11.8 Å². The molecule has 0 saturated heterocycles. The third-order valence-corrected chi connectivity index (χ3v) is 3.56. The molecule has 1 unspecified atom stereocenters. The molecular weight excluding hydrogens is 276 g/mol. The molecule has 0 aliphatic heterocycles. The highest BCUT2D eigenvalue weighted by molar-refractivity contribution is 7.16. The predicted octanol–water partition coefficient (Wildman–Crippen LogP) is 1.30. The molecule has 2 aromatic heterocycles. The number of nitrogens with two attached hydrogens (primary N) is 1. The predicted molar refractivity (Wildman–Crippen MR) is 81.6 cm³/mol. The lowest BCUT2D eigenvalue weighted by atomic mass is 10.3. The number of hydrogen-bond acceptors (Lipinski definition) is 7. The van der Waals surface area contributed by atoms with E-state index < -0.39 is 0 Å². The number of amides is 1. The summed E-state index contributed by atoms with van der Waals surface area (Å²) in [5.74, 6) is 6.22. The number of carbonyl (C=O) groups is 1. The van der Waals surface area contributed by atoms with Gasteiger partial charge in [0, 0.05) is 6.54 Å². The largest absolute Gasteiger partial charge is 0.358 e. The first kappa shape index (κ1) is 14.5. The van der Waals surface area contributed by atoms with Gasteiger partial charge in [-0.05, 0) is 24.8 Å². The maximum absolute atomic E-state index is 11.9. The lowest BCUT2D eigenvalue weighted by molar-refractivity contribution is -0.121. The van der Waals surface area contributed by atoms with Crippen LogP contribution in [0.5, 0.6) is 0 Å². The van der Waals surface area contributed by atoms with Gasteiger partial charge in [-0.25, -0.2) is 10.8 Å². The monoisotopic (exact) mass is 294 g/mol. The van der Waals surface area contributed by atoms with Crippen molar-refractivity contribution in [1.29, 1.82) is 0 Å². The van der Waals surface area contributed by atoms with Crippen LogP contribution in [0.2, 0.25) is 0 Å². The van der Waals surface area contributed by atoms with E-state index in [0.29, 0.717) is 18.3 Å². The molecule has 0 radical (unpaired) electrons. The van der Waals surface area contributed by atoms with E-state index >= 15 is 0 Å². The smallest absolute Gasteiger partial charge is 0.242 e. The van der Waals surface area contributed by atoms with Crippen molar-refractivity contribution in [3.05, 3.63) is 11.4 Å². The summed E-state index contributed by atoms with van der Waals surface area (Å²) < 4.78 is 0. The Balaban J connectivity index is 2.19. The first-order valence-electron chi connectivity index (χ1n) is 6.41. The van der Waals surface area contributed by atoms with Crippen molar-refractivity contribution < 1.29 is 4.79 Å². The number of nitrogen functional groups attached to an aromatic ring is 1. The normalized spacial score (nSPS) is 12.2. The van der Waals surface area contributed by atoms with E-state index in [1.807, 2.05) is 18.4 Å². The average molecular weight is 294 g/mol. The number of hydrazine groups is 1. The van der Waals surface area contributed by atoms with E-state index in [4.69, 9.17) is 5.84 Å². The highest BCUT2D eigenvalue weighted by Gasteiger charge is 2.15. The maximum atomic E-state index is 11.9. The fourth-order valence-corrected chi connectivity index (χ4v) is 2.47. The number of aromatic nitrogens is 2. The minimum Gasteiger partial charge on any atom is -0.358 e. The topological polar surface area (TPSA) is 105 Å². The second kappa shape index (κ2) is 6.49. The van der Waals surface area contributed by atoms with Gasteiger partial charge < -0.3 is 10.6 Å². The lowest BCUT2D eigenvalue weighted by Crippen LogP contribution is -2.38. The molecule has 0 aromatic carbocycles. The van der Waals surface area contributed by atoms with Crippen LogP contribution in [0.1, 0.15) is 20.3 Å². The number of carbonyl (C=O) groups excluding carboxylic acids is 1. The molecule has 0 aliphatic carbocycles. The summed E-state index contributed by atoms with van der Waals surface area (Å²) in [6.45, 7) is 4.47. The summed E-state index contributed by atoms with van der Waals surface area (Å²) in [6, 6.07) is 1.53. The third-order valence-electron chi connectivity index (χ3n) is 2.75. The van der Waals surface area contributed by atoms with Crippen LogP contribution in [0.25, 0.3) is 10.2 Å². The van der Waals surface area contributed by atoms with Crippen LogP contribution >= 0.6 is 11.3 Å². The van der Waals surface area contributed by atoms with E-state index in [0.717, 1.165) is 16.6 Å². The van der Waals surface area contributed by atoms with E-state index in [-0.39, 0.29) is 11.9 Å². The van der Waals surface area contributed by atoms with Gasteiger partial charge in [-0.2, -0.15) is 4.98 Å². The molecule has 1 atom stereocenters. The quantitative estimate of drug-likeness (QED) is 0.473. The van der Waals surface area contributed by atoms with E-state index in [9.17, 15) is 4.79 Å². The fourth-order valence-electron chi connectivity index (χ4n) is 1.70. The van der Waals surface area contributed by atoms with Crippen molar-refractivity contribution in [2.45, 2.75) is 26.3 Å². The van der Waals surface area contributed by atoms with Crippen molar-refractivity contribution >= 4 is 39.2 Å². The molecular formula is C12H18N6OS. The van der Waals surface area contributed by atoms with Crippen LogP contribution < -0.4 is 21.9 Å². The van der Waals surface area contributed by atoms with E-state index in [2.05, 4.69) is 26.0 Å². The molecule has 2 heterocycles. The lowest BCUT2D eigenvalue weighted by Gasteiger charge is -2.15. The molecule has 7 nitrogen and oxygen atoms in total. The van der Waals surface area contributed by atoms with Crippen molar-refractivity contribution in [3.63, 3.8) is 0 Å². The Kier molecular flexibility index (Phi) is 4.70. The Morgan fingerprint density at radius 2 is 2.30 bits per heavy atom. The highest BCUT2D eigenvalue weighted by Crippen LogP contribution is 2.26. The Labute approximate surface area is 121 Å². The van der Waals surface area contributed by atoms with Crippen LogP contribution in [0.15, 0.2) is 11.4 Å². The number of hydrogen-bond donors (Lipinski definition) is 4. The average Bonchev–Trinajstić information content (AvgIpc) is 2.92. The summed E-state index contributed by atoms with van der Waals surface area (Å²) in [7, 11) is 0.